The van der Waals surface area contributed by atoms with E-state index in [4.69, 9.17) is 0 Å². The Morgan fingerprint density at radius 3 is 2.45 bits per heavy atom. The first-order valence-corrected chi connectivity index (χ1v) is 6.34. The third-order valence-corrected chi connectivity index (χ3v) is 3.18. The van der Waals surface area contributed by atoms with E-state index < -0.39 is 6.04 Å². The Morgan fingerprint density at radius 1 is 1.05 bits per heavy atom. The van der Waals surface area contributed by atoms with Crippen LogP contribution in [0.5, 0.6) is 0 Å². The summed E-state index contributed by atoms with van der Waals surface area (Å²) in [5.74, 6) is -0.411. The lowest BCUT2D eigenvalue weighted by molar-refractivity contribution is -0.121. The molecule has 1 aromatic carbocycles. The van der Waals surface area contributed by atoms with Crippen molar-refractivity contribution in [3.8, 4) is 0 Å². The number of carbonyl (C=O) groups excluding carboxylic acids is 2. The van der Waals surface area contributed by atoms with Crippen LogP contribution in [0.15, 0.2) is 54.9 Å². The summed E-state index contributed by atoms with van der Waals surface area (Å²) in [6, 6.07) is 12.0. The Hall–Kier alpha value is -2.69. The van der Waals surface area contributed by atoms with Gasteiger partial charge in [0.2, 0.25) is 5.91 Å². The van der Waals surface area contributed by atoms with Crippen molar-refractivity contribution in [1.82, 2.24) is 4.98 Å². The summed E-state index contributed by atoms with van der Waals surface area (Å²) in [5, 5.41) is 3.07. The number of anilines is 2. The van der Waals surface area contributed by atoms with Crippen LogP contribution in [-0.4, -0.2) is 22.8 Å². The fraction of sp³-hybridized carbons (Fsp3) is 0.133. The first-order valence-electron chi connectivity index (χ1n) is 6.34. The lowest BCUT2D eigenvalue weighted by Crippen LogP contribution is -2.34. The molecule has 1 fully saturated rings. The Labute approximate surface area is 116 Å². The van der Waals surface area contributed by atoms with Crippen LogP contribution in [0, 0.1) is 0 Å². The molecule has 1 aliphatic rings. The van der Waals surface area contributed by atoms with Gasteiger partial charge >= 0.3 is 0 Å². The van der Waals surface area contributed by atoms with Crippen molar-refractivity contribution >= 4 is 23.2 Å². The number of rotatable bonds is 3. The zero-order valence-corrected chi connectivity index (χ0v) is 10.7. The van der Waals surface area contributed by atoms with Gasteiger partial charge in [-0.25, -0.2) is 4.90 Å². The van der Waals surface area contributed by atoms with E-state index in [1.807, 2.05) is 6.07 Å². The fourth-order valence-electron chi connectivity index (χ4n) is 2.24. The van der Waals surface area contributed by atoms with Gasteiger partial charge in [0.25, 0.3) is 5.91 Å². The highest BCUT2D eigenvalue weighted by atomic mass is 16.2. The van der Waals surface area contributed by atoms with Gasteiger partial charge in [0.1, 0.15) is 6.04 Å². The van der Waals surface area contributed by atoms with Crippen LogP contribution in [0.1, 0.15) is 6.42 Å². The van der Waals surface area contributed by atoms with E-state index in [9.17, 15) is 9.59 Å². The minimum atomic E-state index is -0.523. The topological polar surface area (TPSA) is 62.3 Å². The summed E-state index contributed by atoms with van der Waals surface area (Å²) in [7, 11) is 0. The molecule has 0 radical (unpaired) electrons. The second kappa shape index (κ2) is 5.13. The van der Waals surface area contributed by atoms with E-state index in [1.54, 1.807) is 48.8 Å². The summed E-state index contributed by atoms with van der Waals surface area (Å²) in [5.41, 5.74) is 1.39. The molecule has 1 unspecified atom stereocenters. The van der Waals surface area contributed by atoms with Gasteiger partial charge < -0.3 is 5.32 Å². The van der Waals surface area contributed by atoms with E-state index in [0.717, 1.165) is 5.69 Å². The molecule has 2 amide bonds. The predicted molar refractivity (Wildman–Crippen MR) is 75.2 cm³/mol. The number of amides is 2. The normalized spacial score (nSPS) is 18.4. The highest BCUT2D eigenvalue weighted by Gasteiger charge is 2.39. The minimum absolute atomic E-state index is 0.163. The monoisotopic (exact) mass is 267 g/mol. The van der Waals surface area contributed by atoms with Crippen LogP contribution in [-0.2, 0) is 9.59 Å². The number of benzene rings is 1. The van der Waals surface area contributed by atoms with Crippen molar-refractivity contribution < 1.29 is 9.59 Å². The Balaban J connectivity index is 1.81. The highest BCUT2D eigenvalue weighted by Crippen LogP contribution is 2.24. The molecule has 2 aromatic rings. The molecule has 5 heteroatoms. The number of nitrogens with one attached hydrogen (secondary N) is 1. The third kappa shape index (κ3) is 2.25. The van der Waals surface area contributed by atoms with E-state index in [0.29, 0.717) is 5.69 Å². The largest absolute Gasteiger partial charge is 0.373 e. The Bertz CT molecular complexity index is 628. The van der Waals surface area contributed by atoms with Gasteiger partial charge in [-0.1, -0.05) is 18.2 Å². The number of nitrogens with zero attached hydrogens (tertiary/aromatic N) is 2. The van der Waals surface area contributed by atoms with Crippen LogP contribution in [0.4, 0.5) is 11.4 Å². The zero-order valence-electron chi connectivity index (χ0n) is 10.7. The molecule has 20 heavy (non-hydrogen) atoms. The summed E-state index contributed by atoms with van der Waals surface area (Å²) >= 11 is 0. The molecule has 1 aliphatic heterocycles. The van der Waals surface area contributed by atoms with Gasteiger partial charge in [0.15, 0.2) is 0 Å². The molecule has 0 bridgehead atoms. The van der Waals surface area contributed by atoms with Gasteiger partial charge in [-0.15, -0.1) is 0 Å². The molecule has 5 nitrogen and oxygen atoms in total. The Kier molecular flexibility index (Phi) is 3.16. The van der Waals surface area contributed by atoms with E-state index in [2.05, 4.69) is 10.3 Å². The van der Waals surface area contributed by atoms with Gasteiger partial charge in [-0.05, 0) is 24.3 Å². The average molecular weight is 267 g/mol. The van der Waals surface area contributed by atoms with Crippen LogP contribution < -0.4 is 10.2 Å². The number of para-hydroxylation sites is 1. The maximum absolute atomic E-state index is 12.3. The quantitative estimate of drug-likeness (QED) is 0.862. The molecule has 100 valence electrons. The molecule has 3 rings (SSSR count). The predicted octanol–water partition coefficient (Wildman–Crippen LogP) is 1.83. The number of aromatic nitrogens is 1. The van der Waals surface area contributed by atoms with Crippen LogP contribution >= 0.6 is 0 Å². The molecule has 1 saturated heterocycles. The molecule has 1 aromatic heterocycles. The molecule has 0 saturated carbocycles. The molecule has 0 aliphatic carbocycles. The zero-order chi connectivity index (χ0) is 13.9. The average Bonchev–Trinajstić information content (AvgIpc) is 2.75. The summed E-state index contributed by atoms with van der Waals surface area (Å²) in [4.78, 5) is 29.5. The first-order chi connectivity index (χ1) is 9.75. The van der Waals surface area contributed by atoms with Gasteiger partial charge in [0, 0.05) is 18.1 Å². The van der Waals surface area contributed by atoms with E-state index in [-0.39, 0.29) is 18.2 Å². The smallest absolute Gasteiger partial charge is 0.256 e. The molecule has 2 heterocycles. The van der Waals surface area contributed by atoms with Gasteiger partial charge in [-0.2, -0.15) is 0 Å². The van der Waals surface area contributed by atoms with Crippen molar-refractivity contribution in [2.45, 2.75) is 12.5 Å². The molecule has 0 spiro atoms. The van der Waals surface area contributed by atoms with Crippen molar-refractivity contribution in [3.63, 3.8) is 0 Å². The third-order valence-electron chi connectivity index (χ3n) is 3.18. The number of carbonyl (C=O) groups is 2. The fourth-order valence-corrected chi connectivity index (χ4v) is 2.24. The van der Waals surface area contributed by atoms with Crippen LogP contribution in [0.2, 0.25) is 0 Å². The molecule has 1 atom stereocenters. The first kappa shape index (κ1) is 12.3. The van der Waals surface area contributed by atoms with Crippen LogP contribution in [0.3, 0.4) is 0 Å². The second-order valence-electron chi connectivity index (χ2n) is 4.54. The number of pyridine rings is 1. The number of hydrogen-bond donors (Lipinski definition) is 1. The van der Waals surface area contributed by atoms with E-state index in [1.165, 1.54) is 4.90 Å². The molecule has 1 N–H and O–H groups in total. The summed E-state index contributed by atoms with van der Waals surface area (Å²) < 4.78 is 0. The number of imide groups is 1. The van der Waals surface area contributed by atoms with Crippen molar-refractivity contribution in [1.29, 1.82) is 0 Å². The lowest BCUT2D eigenvalue weighted by atomic mass is 10.2. The standard InChI is InChI=1S/C15H13N3O2/c19-14-10-13(17-11-6-8-16-9-7-11)15(20)18(14)12-4-2-1-3-5-12/h1-9,13H,10H2,(H,16,17). The maximum Gasteiger partial charge on any atom is 0.256 e. The summed E-state index contributed by atoms with van der Waals surface area (Å²) in [6.45, 7) is 0. The lowest BCUT2D eigenvalue weighted by Gasteiger charge is -2.15. The summed E-state index contributed by atoms with van der Waals surface area (Å²) in [6.07, 6.45) is 3.44. The SMILES string of the molecule is O=C1CC(Nc2ccncc2)C(=O)N1c1ccccc1. The molecular formula is C15H13N3O2. The van der Waals surface area contributed by atoms with Crippen molar-refractivity contribution in [2.75, 3.05) is 10.2 Å². The van der Waals surface area contributed by atoms with E-state index >= 15 is 0 Å². The van der Waals surface area contributed by atoms with Crippen LogP contribution in [0.25, 0.3) is 0 Å². The molecular weight excluding hydrogens is 254 g/mol. The minimum Gasteiger partial charge on any atom is -0.373 e. The maximum atomic E-state index is 12.3. The second-order valence-corrected chi connectivity index (χ2v) is 4.54. The number of hydrogen-bond acceptors (Lipinski definition) is 4. The van der Waals surface area contributed by atoms with Crippen molar-refractivity contribution in [3.05, 3.63) is 54.9 Å². The highest BCUT2D eigenvalue weighted by molar-refractivity contribution is 6.23. The van der Waals surface area contributed by atoms with Crippen molar-refractivity contribution in [2.24, 2.45) is 0 Å². The Morgan fingerprint density at radius 2 is 1.75 bits per heavy atom. The van der Waals surface area contributed by atoms with Gasteiger partial charge in [0.05, 0.1) is 12.1 Å². The van der Waals surface area contributed by atoms with Gasteiger partial charge in [-0.3, -0.25) is 14.6 Å².